The van der Waals surface area contributed by atoms with E-state index in [1.165, 1.54) is 0 Å². The molecule has 0 radical (unpaired) electrons. The molecule has 0 saturated heterocycles. The number of carbonyl (C=O) groups excluding carboxylic acids is 1. The van der Waals surface area contributed by atoms with Gasteiger partial charge in [0.25, 0.3) is 0 Å². The molecule has 5 nitrogen and oxygen atoms in total. The van der Waals surface area contributed by atoms with E-state index >= 15 is 0 Å². The molecular formula is C25H19ClINO4. The van der Waals surface area contributed by atoms with Gasteiger partial charge in [-0.05, 0) is 71.0 Å². The highest BCUT2D eigenvalue weighted by Gasteiger charge is 2.27. The average molecular weight is 560 g/mol. The summed E-state index contributed by atoms with van der Waals surface area (Å²) in [6.07, 6.45) is 1.76. The van der Waals surface area contributed by atoms with Gasteiger partial charge in [0.05, 0.1) is 15.8 Å². The van der Waals surface area contributed by atoms with Gasteiger partial charge in [-0.25, -0.2) is 4.79 Å². The Kier molecular flexibility index (Phi) is 7.12. The molecule has 0 amide bonds. The van der Waals surface area contributed by atoms with Crippen LogP contribution in [-0.2, 0) is 16.2 Å². The number of carbonyl (C=O) groups is 1. The van der Waals surface area contributed by atoms with Crippen molar-refractivity contribution in [3.63, 3.8) is 0 Å². The molecule has 32 heavy (non-hydrogen) atoms. The molecule has 1 aliphatic heterocycles. The molecule has 0 atom stereocenters. The molecule has 7 heteroatoms. The van der Waals surface area contributed by atoms with Crippen LogP contribution in [0.2, 0.25) is 5.02 Å². The van der Waals surface area contributed by atoms with Crippen molar-refractivity contribution in [2.45, 2.75) is 13.5 Å². The molecule has 0 bridgehead atoms. The molecule has 0 spiro atoms. The Morgan fingerprint density at radius 3 is 2.62 bits per heavy atom. The van der Waals surface area contributed by atoms with Crippen LogP contribution in [-0.4, -0.2) is 18.3 Å². The van der Waals surface area contributed by atoms with Crippen molar-refractivity contribution in [1.29, 1.82) is 0 Å². The third-order valence-corrected chi connectivity index (χ3v) is 5.69. The average Bonchev–Trinajstić information content (AvgIpc) is 3.14. The second-order valence-corrected chi connectivity index (χ2v) is 8.52. The van der Waals surface area contributed by atoms with E-state index in [-0.39, 0.29) is 0 Å². The predicted molar refractivity (Wildman–Crippen MR) is 133 cm³/mol. The molecular weight excluding hydrogens is 541 g/mol. The lowest BCUT2D eigenvalue weighted by molar-refractivity contribution is -0.136. The quantitative estimate of drug-likeness (QED) is 0.195. The number of nitrogens with zero attached hydrogens (tertiary/aromatic N) is 1. The third-order valence-electron chi connectivity index (χ3n) is 4.66. The van der Waals surface area contributed by atoms with Gasteiger partial charge in [-0.3, -0.25) is 0 Å². The summed E-state index contributed by atoms with van der Waals surface area (Å²) in [5.41, 5.74) is 3.45. The zero-order chi connectivity index (χ0) is 22.5. The number of oxime groups is 1. The van der Waals surface area contributed by atoms with E-state index in [2.05, 4.69) is 27.7 Å². The van der Waals surface area contributed by atoms with Gasteiger partial charge in [0, 0.05) is 10.6 Å². The fourth-order valence-electron chi connectivity index (χ4n) is 3.24. The van der Waals surface area contributed by atoms with E-state index in [4.69, 9.17) is 25.9 Å². The fraction of sp³-hybridized carbons (Fsp3) is 0.120. The van der Waals surface area contributed by atoms with Gasteiger partial charge in [-0.1, -0.05) is 59.2 Å². The van der Waals surface area contributed by atoms with Crippen LogP contribution in [0, 0.1) is 3.57 Å². The van der Waals surface area contributed by atoms with E-state index in [1.54, 1.807) is 6.08 Å². The van der Waals surface area contributed by atoms with Crippen LogP contribution in [0.15, 0.2) is 77.5 Å². The van der Waals surface area contributed by atoms with Crippen LogP contribution < -0.4 is 9.47 Å². The predicted octanol–water partition coefficient (Wildman–Crippen LogP) is 6.27. The first-order chi connectivity index (χ1) is 15.5. The third kappa shape index (κ3) is 5.14. The van der Waals surface area contributed by atoms with Crippen molar-refractivity contribution in [3.05, 3.63) is 97.6 Å². The summed E-state index contributed by atoms with van der Waals surface area (Å²) in [7, 11) is 0. The Morgan fingerprint density at radius 2 is 1.88 bits per heavy atom. The second kappa shape index (κ2) is 10.2. The lowest BCUT2D eigenvalue weighted by Crippen LogP contribution is -2.07. The second-order valence-electron chi connectivity index (χ2n) is 6.92. The first-order valence-electron chi connectivity index (χ1n) is 9.95. The minimum Gasteiger partial charge on any atom is -0.490 e. The number of halogens is 2. The molecule has 1 aliphatic rings. The van der Waals surface area contributed by atoms with E-state index in [1.807, 2.05) is 73.7 Å². The summed E-state index contributed by atoms with van der Waals surface area (Å²) >= 11 is 8.28. The fourth-order valence-corrected chi connectivity index (χ4v) is 4.23. The Morgan fingerprint density at radius 1 is 1.06 bits per heavy atom. The van der Waals surface area contributed by atoms with Crippen molar-refractivity contribution in [1.82, 2.24) is 0 Å². The Labute approximate surface area is 204 Å². The number of benzene rings is 3. The standard InChI is InChI=1S/C25H19ClINO4/c1-2-30-22-14-17(12-20-23(28-32-25(20)29)18-8-4-3-5-9-18)13-21(27)24(22)31-15-16-7-6-10-19(26)11-16/h3-14H,2,15H2,1H3/b20-12-. The van der Waals surface area contributed by atoms with E-state index in [9.17, 15) is 4.79 Å². The topological polar surface area (TPSA) is 57.1 Å². The first-order valence-corrected chi connectivity index (χ1v) is 11.4. The normalized spacial score (nSPS) is 14.3. The van der Waals surface area contributed by atoms with Crippen molar-refractivity contribution in [2.24, 2.45) is 5.16 Å². The van der Waals surface area contributed by atoms with Crippen LogP contribution in [0.3, 0.4) is 0 Å². The van der Waals surface area contributed by atoms with E-state index in [0.29, 0.717) is 41.0 Å². The Hall–Kier alpha value is -2.84. The van der Waals surface area contributed by atoms with Crippen LogP contribution in [0.5, 0.6) is 11.5 Å². The van der Waals surface area contributed by atoms with Gasteiger partial charge in [-0.15, -0.1) is 0 Å². The van der Waals surface area contributed by atoms with Gasteiger partial charge >= 0.3 is 5.97 Å². The molecule has 0 fully saturated rings. The molecule has 3 aromatic rings. The van der Waals surface area contributed by atoms with Gasteiger partial charge < -0.3 is 14.3 Å². The summed E-state index contributed by atoms with van der Waals surface area (Å²) in [4.78, 5) is 17.3. The van der Waals surface area contributed by atoms with Crippen molar-refractivity contribution in [3.8, 4) is 11.5 Å². The van der Waals surface area contributed by atoms with E-state index in [0.717, 1.165) is 20.3 Å². The zero-order valence-corrected chi connectivity index (χ0v) is 20.1. The Balaban J connectivity index is 1.65. The highest BCUT2D eigenvalue weighted by atomic mass is 127. The van der Waals surface area contributed by atoms with Crippen LogP contribution in [0.4, 0.5) is 0 Å². The minimum absolute atomic E-state index is 0.355. The number of hydrogen-bond donors (Lipinski definition) is 0. The summed E-state index contributed by atoms with van der Waals surface area (Å²) < 4.78 is 12.8. The van der Waals surface area contributed by atoms with Gasteiger partial charge in [0.2, 0.25) is 0 Å². The highest BCUT2D eigenvalue weighted by Crippen LogP contribution is 2.36. The molecule has 0 aliphatic carbocycles. The van der Waals surface area contributed by atoms with Crippen LogP contribution in [0.1, 0.15) is 23.6 Å². The first kappa shape index (κ1) is 22.4. The summed E-state index contributed by atoms with van der Waals surface area (Å²) in [6, 6.07) is 20.8. The van der Waals surface area contributed by atoms with Crippen molar-refractivity contribution < 1.29 is 19.1 Å². The summed E-state index contributed by atoms with van der Waals surface area (Å²) in [5, 5.41) is 4.62. The number of rotatable bonds is 7. The van der Waals surface area contributed by atoms with Gasteiger partial charge in [0.1, 0.15) is 12.3 Å². The van der Waals surface area contributed by atoms with Crippen molar-refractivity contribution in [2.75, 3.05) is 6.61 Å². The lowest BCUT2D eigenvalue weighted by Gasteiger charge is -2.15. The molecule has 0 unspecified atom stereocenters. The molecule has 0 saturated carbocycles. The number of ether oxygens (including phenoxy) is 2. The monoisotopic (exact) mass is 559 g/mol. The zero-order valence-electron chi connectivity index (χ0n) is 17.2. The van der Waals surface area contributed by atoms with Gasteiger partial charge in [0.15, 0.2) is 11.5 Å². The smallest absolute Gasteiger partial charge is 0.368 e. The maximum atomic E-state index is 12.3. The molecule has 162 valence electrons. The molecule has 0 N–H and O–H groups in total. The largest absolute Gasteiger partial charge is 0.490 e. The minimum atomic E-state index is -0.488. The Bertz CT molecular complexity index is 1210. The maximum Gasteiger partial charge on any atom is 0.368 e. The van der Waals surface area contributed by atoms with Crippen LogP contribution >= 0.6 is 34.2 Å². The molecule has 4 rings (SSSR count). The highest BCUT2D eigenvalue weighted by molar-refractivity contribution is 14.1. The summed E-state index contributed by atoms with van der Waals surface area (Å²) in [6.45, 7) is 2.74. The molecule has 3 aromatic carbocycles. The maximum absolute atomic E-state index is 12.3. The lowest BCUT2D eigenvalue weighted by atomic mass is 10.0. The van der Waals surface area contributed by atoms with E-state index < -0.39 is 5.97 Å². The SMILES string of the molecule is CCOc1cc(/C=C2\C(=O)ON=C2c2ccccc2)cc(I)c1OCc1cccc(Cl)c1. The molecule has 1 heterocycles. The summed E-state index contributed by atoms with van der Waals surface area (Å²) in [5.74, 6) is 0.747. The molecule has 0 aromatic heterocycles. The van der Waals surface area contributed by atoms with Gasteiger partial charge in [-0.2, -0.15) is 0 Å². The number of hydrogen-bond acceptors (Lipinski definition) is 5. The van der Waals surface area contributed by atoms with Crippen LogP contribution in [0.25, 0.3) is 6.08 Å². The van der Waals surface area contributed by atoms with Crippen molar-refractivity contribution >= 4 is 51.9 Å².